The van der Waals surface area contributed by atoms with E-state index >= 15 is 0 Å². The SMILES string of the molecule is O=c1cc(N2CCC(F)(F)C2)nc(CCC(F)(F)F)n1-c1ccc(OCC(F)(F)F)cc1. The lowest BCUT2D eigenvalue weighted by Gasteiger charge is -2.20. The third-order valence-electron chi connectivity index (χ3n) is 4.60. The van der Waals surface area contributed by atoms with Crippen LogP contribution in [-0.2, 0) is 6.42 Å². The van der Waals surface area contributed by atoms with E-state index in [2.05, 4.69) is 9.72 Å². The number of anilines is 1. The molecule has 0 saturated carbocycles. The van der Waals surface area contributed by atoms with E-state index in [0.29, 0.717) is 0 Å². The van der Waals surface area contributed by atoms with Gasteiger partial charge in [0.05, 0.1) is 18.7 Å². The molecule has 0 aliphatic carbocycles. The molecule has 13 heteroatoms. The van der Waals surface area contributed by atoms with Crippen LogP contribution in [0, 0.1) is 0 Å². The number of nitrogens with zero attached hydrogens (tertiary/aromatic N) is 3. The molecule has 0 radical (unpaired) electrons. The second-order valence-corrected chi connectivity index (χ2v) is 7.24. The number of benzene rings is 1. The standard InChI is InChI=1S/C19H17F8N3O2/c20-17(21)7-8-29(10-17)15-9-16(31)30(14(28-15)5-6-18(22,23)24)12-1-3-13(4-2-12)32-11-19(25,26)27/h1-4,9H,5-8,10-11H2. The predicted molar refractivity (Wildman–Crippen MR) is 97.5 cm³/mol. The van der Waals surface area contributed by atoms with Crippen molar-refractivity contribution in [1.82, 2.24) is 9.55 Å². The lowest BCUT2D eigenvalue weighted by Crippen LogP contribution is -2.30. The Morgan fingerprint density at radius 1 is 1.03 bits per heavy atom. The molecule has 0 spiro atoms. The number of rotatable bonds is 6. The molecule has 1 saturated heterocycles. The van der Waals surface area contributed by atoms with Gasteiger partial charge in [-0.15, -0.1) is 0 Å². The molecule has 5 nitrogen and oxygen atoms in total. The minimum Gasteiger partial charge on any atom is -0.484 e. The molecule has 176 valence electrons. The summed E-state index contributed by atoms with van der Waals surface area (Å²) >= 11 is 0. The molecule has 3 rings (SSSR count). The van der Waals surface area contributed by atoms with Crippen LogP contribution in [0.1, 0.15) is 18.7 Å². The van der Waals surface area contributed by atoms with Crippen LogP contribution in [-0.4, -0.2) is 47.5 Å². The van der Waals surface area contributed by atoms with Crippen molar-refractivity contribution in [3.8, 4) is 11.4 Å². The Hall–Kier alpha value is -2.86. The van der Waals surface area contributed by atoms with Gasteiger partial charge in [-0.25, -0.2) is 13.8 Å². The maximum atomic E-state index is 13.5. The lowest BCUT2D eigenvalue weighted by atomic mass is 10.2. The number of aryl methyl sites for hydroxylation is 1. The van der Waals surface area contributed by atoms with Gasteiger partial charge in [0.15, 0.2) is 6.61 Å². The number of halogens is 8. The summed E-state index contributed by atoms with van der Waals surface area (Å²) in [6, 6.07) is 5.56. The van der Waals surface area contributed by atoms with Crippen molar-refractivity contribution in [2.45, 2.75) is 37.5 Å². The van der Waals surface area contributed by atoms with E-state index in [-0.39, 0.29) is 29.6 Å². The maximum Gasteiger partial charge on any atom is 0.422 e. The molecule has 0 atom stereocenters. The first-order valence-corrected chi connectivity index (χ1v) is 9.35. The Balaban J connectivity index is 1.94. The Labute approximate surface area is 176 Å². The van der Waals surface area contributed by atoms with E-state index in [1.165, 1.54) is 12.1 Å². The molecule has 1 fully saturated rings. The van der Waals surface area contributed by atoms with Gasteiger partial charge in [-0.2, -0.15) is 26.3 Å². The van der Waals surface area contributed by atoms with Crippen molar-refractivity contribution in [3.63, 3.8) is 0 Å². The van der Waals surface area contributed by atoms with Crippen molar-refractivity contribution < 1.29 is 39.9 Å². The van der Waals surface area contributed by atoms with Crippen LogP contribution >= 0.6 is 0 Å². The van der Waals surface area contributed by atoms with E-state index in [1.807, 2.05) is 0 Å². The maximum absolute atomic E-state index is 13.5. The zero-order chi connectivity index (χ0) is 23.7. The summed E-state index contributed by atoms with van der Waals surface area (Å²) in [5.41, 5.74) is -0.774. The summed E-state index contributed by atoms with van der Waals surface area (Å²) in [4.78, 5) is 17.8. The molecule has 0 N–H and O–H groups in total. The second kappa shape index (κ2) is 8.58. The highest BCUT2D eigenvalue weighted by atomic mass is 19.4. The minimum absolute atomic E-state index is 0.0392. The Morgan fingerprint density at radius 2 is 1.69 bits per heavy atom. The second-order valence-electron chi connectivity index (χ2n) is 7.24. The molecule has 2 aromatic rings. The summed E-state index contributed by atoms with van der Waals surface area (Å²) in [6.45, 7) is -2.37. The van der Waals surface area contributed by atoms with Gasteiger partial charge in [0, 0.05) is 25.5 Å². The van der Waals surface area contributed by atoms with Gasteiger partial charge in [0.1, 0.15) is 17.4 Å². The van der Waals surface area contributed by atoms with Gasteiger partial charge >= 0.3 is 12.4 Å². The highest BCUT2D eigenvalue weighted by Gasteiger charge is 2.39. The fourth-order valence-electron chi connectivity index (χ4n) is 3.16. The number of hydrogen-bond acceptors (Lipinski definition) is 4. The number of hydrogen-bond donors (Lipinski definition) is 0. The van der Waals surface area contributed by atoms with Crippen molar-refractivity contribution in [1.29, 1.82) is 0 Å². The van der Waals surface area contributed by atoms with E-state index in [0.717, 1.165) is 27.7 Å². The molecule has 1 aliphatic rings. The first kappa shape index (κ1) is 23.8. The zero-order valence-corrected chi connectivity index (χ0v) is 16.3. The molecule has 32 heavy (non-hydrogen) atoms. The van der Waals surface area contributed by atoms with Crippen molar-refractivity contribution in [3.05, 3.63) is 46.5 Å². The fraction of sp³-hybridized carbons (Fsp3) is 0.474. The molecular weight excluding hydrogens is 454 g/mol. The number of alkyl halides is 8. The Kier molecular flexibility index (Phi) is 6.38. The van der Waals surface area contributed by atoms with Gasteiger partial charge in [0.25, 0.3) is 11.5 Å². The average Bonchev–Trinajstić information content (AvgIpc) is 3.03. The molecule has 0 bridgehead atoms. The molecule has 1 aromatic heterocycles. The summed E-state index contributed by atoms with van der Waals surface area (Å²) in [6.07, 6.45) is -11.6. The van der Waals surface area contributed by atoms with Crippen LogP contribution in [0.5, 0.6) is 5.75 Å². The van der Waals surface area contributed by atoms with Crippen LogP contribution in [0.4, 0.5) is 40.9 Å². The van der Waals surface area contributed by atoms with Crippen LogP contribution in [0.3, 0.4) is 0 Å². The van der Waals surface area contributed by atoms with Crippen LogP contribution in [0.15, 0.2) is 35.1 Å². The van der Waals surface area contributed by atoms with Gasteiger partial charge in [-0.1, -0.05) is 0 Å². The quantitative estimate of drug-likeness (QED) is 0.582. The molecule has 1 aromatic carbocycles. The molecular formula is C19H17F8N3O2. The molecule has 1 aliphatic heterocycles. The third-order valence-corrected chi connectivity index (χ3v) is 4.60. The first-order valence-electron chi connectivity index (χ1n) is 9.35. The van der Waals surface area contributed by atoms with Gasteiger partial charge < -0.3 is 9.64 Å². The Bertz CT molecular complexity index is 1000. The summed E-state index contributed by atoms with van der Waals surface area (Å²) in [5, 5.41) is 0. The van der Waals surface area contributed by atoms with Crippen LogP contribution in [0.25, 0.3) is 5.69 Å². The lowest BCUT2D eigenvalue weighted by molar-refractivity contribution is -0.153. The zero-order valence-electron chi connectivity index (χ0n) is 16.3. The van der Waals surface area contributed by atoms with Crippen molar-refractivity contribution in [2.24, 2.45) is 0 Å². The summed E-state index contributed by atoms with van der Waals surface area (Å²) in [5.74, 6) is -3.65. The largest absolute Gasteiger partial charge is 0.484 e. The Morgan fingerprint density at radius 3 is 2.22 bits per heavy atom. The van der Waals surface area contributed by atoms with Gasteiger partial charge in [0.2, 0.25) is 0 Å². The third kappa shape index (κ3) is 6.33. The molecule has 0 unspecified atom stereocenters. The smallest absolute Gasteiger partial charge is 0.422 e. The fourth-order valence-corrected chi connectivity index (χ4v) is 3.16. The van der Waals surface area contributed by atoms with Gasteiger partial charge in [-0.05, 0) is 24.3 Å². The normalized spacial score (nSPS) is 16.4. The summed E-state index contributed by atoms with van der Waals surface area (Å²) < 4.78 is 108. The molecule has 0 amide bonds. The van der Waals surface area contributed by atoms with Gasteiger partial charge in [-0.3, -0.25) is 9.36 Å². The predicted octanol–water partition coefficient (Wildman–Crippen LogP) is 4.51. The minimum atomic E-state index is -4.56. The topological polar surface area (TPSA) is 47.4 Å². The average molecular weight is 471 g/mol. The molecule has 2 heterocycles. The van der Waals surface area contributed by atoms with Crippen molar-refractivity contribution >= 4 is 5.82 Å². The van der Waals surface area contributed by atoms with E-state index in [9.17, 15) is 39.9 Å². The summed E-state index contributed by atoms with van der Waals surface area (Å²) in [7, 11) is 0. The van der Waals surface area contributed by atoms with E-state index in [4.69, 9.17) is 0 Å². The number of ether oxygens (including phenoxy) is 1. The van der Waals surface area contributed by atoms with Crippen LogP contribution in [0.2, 0.25) is 0 Å². The van der Waals surface area contributed by atoms with Crippen LogP contribution < -0.4 is 15.2 Å². The highest BCUT2D eigenvalue weighted by Crippen LogP contribution is 2.30. The van der Waals surface area contributed by atoms with Crippen molar-refractivity contribution in [2.75, 3.05) is 24.6 Å². The highest BCUT2D eigenvalue weighted by molar-refractivity contribution is 5.44. The first-order chi connectivity index (χ1) is 14.7. The van der Waals surface area contributed by atoms with E-state index < -0.39 is 56.2 Å². The number of aromatic nitrogens is 2. The van der Waals surface area contributed by atoms with E-state index in [1.54, 1.807) is 0 Å². The monoisotopic (exact) mass is 471 g/mol.